The van der Waals surface area contributed by atoms with Crippen LogP contribution in [0.2, 0.25) is 0 Å². The topological polar surface area (TPSA) is 28.2 Å². The van der Waals surface area contributed by atoms with E-state index in [0.717, 1.165) is 18.9 Å². The average molecular weight is 249 g/mol. The SMILES string of the molecule is CCC(C)CN(CC)c1cc(C(C)NC)ccn1. The molecule has 0 radical (unpaired) electrons. The van der Waals surface area contributed by atoms with Crippen molar-refractivity contribution in [2.24, 2.45) is 5.92 Å². The van der Waals surface area contributed by atoms with Crippen LogP contribution in [0.3, 0.4) is 0 Å². The van der Waals surface area contributed by atoms with Crippen molar-refractivity contribution in [1.82, 2.24) is 10.3 Å². The number of hydrogen-bond donors (Lipinski definition) is 1. The molecule has 0 aliphatic carbocycles. The van der Waals surface area contributed by atoms with Crippen molar-refractivity contribution >= 4 is 5.82 Å². The van der Waals surface area contributed by atoms with Gasteiger partial charge in [-0.05, 0) is 44.5 Å². The molecule has 1 N–H and O–H groups in total. The second kappa shape index (κ2) is 7.37. The van der Waals surface area contributed by atoms with Gasteiger partial charge >= 0.3 is 0 Å². The molecule has 0 amide bonds. The Morgan fingerprint density at radius 3 is 2.61 bits per heavy atom. The molecule has 1 rings (SSSR count). The first-order chi connectivity index (χ1) is 8.62. The van der Waals surface area contributed by atoms with Crippen molar-refractivity contribution in [3.05, 3.63) is 23.9 Å². The first kappa shape index (κ1) is 15.0. The normalized spacial score (nSPS) is 14.3. The van der Waals surface area contributed by atoms with Gasteiger partial charge in [-0.25, -0.2) is 4.98 Å². The Labute approximate surface area is 112 Å². The maximum absolute atomic E-state index is 4.51. The van der Waals surface area contributed by atoms with Crippen molar-refractivity contribution in [2.75, 3.05) is 25.0 Å². The highest BCUT2D eigenvalue weighted by Gasteiger charge is 2.11. The zero-order valence-corrected chi connectivity index (χ0v) is 12.4. The predicted octanol–water partition coefficient (Wildman–Crippen LogP) is 3.23. The van der Waals surface area contributed by atoms with E-state index in [9.17, 15) is 0 Å². The summed E-state index contributed by atoms with van der Waals surface area (Å²) in [7, 11) is 1.99. The number of nitrogens with zero attached hydrogens (tertiary/aromatic N) is 2. The fourth-order valence-electron chi connectivity index (χ4n) is 1.93. The molecule has 1 heterocycles. The third kappa shape index (κ3) is 3.98. The Kier molecular flexibility index (Phi) is 6.13. The van der Waals surface area contributed by atoms with Crippen LogP contribution in [-0.4, -0.2) is 25.1 Å². The van der Waals surface area contributed by atoms with Crippen LogP contribution in [0, 0.1) is 5.92 Å². The molecule has 18 heavy (non-hydrogen) atoms. The summed E-state index contributed by atoms with van der Waals surface area (Å²) in [5.74, 6) is 1.80. The molecule has 1 aromatic heterocycles. The third-order valence-corrected chi connectivity index (χ3v) is 3.64. The summed E-state index contributed by atoms with van der Waals surface area (Å²) in [4.78, 5) is 6.87. The maximum Gasteiger partial charge on any atom is 0.128 e. The first-order valence-electron chi connectivity index (χ1n) is 7.00. The molecule has 0 fully saturated rings. The molecule has 0 saturated carbocycles. The third-order valence-electron chi connectivity index (χ3n) is 3.64. The Bertz CT molecular complexity index is 351. The zero-order valence-electron chi connectivity index (χ0n) is 12.4. The predicted molar refractivity (Wildman–Crippen MR) is 79.1 cm³/mol. The number of aromatic nitrogens is 1. The van der Waals surface area contributed by atoms with Gasteiger partial charge in [0.25, 0.3) is 0 Å². The molecule has 3 heteroatoms. The van der Waals surface area contributed by atoms with Gasteiger partial charge in [0.05, 0.1) is 0 Å². The monoisotopic (exact) mass is 249 g/mol. The molecular weight excluding hydrogens is 222 g/mol. The number of hydrogen-bond acceptors (Lipinski definition) is 3. The van der Waals surface area contributed by atoms with E-state index in [1.807, 2.05) is 13.2 Å². The Morgan fingerprint density at radius 2 is 2.06 bits per heavy atom. The second-order valence-corrected chi connectivity index (χ2v) is 5.01. The Morgan fingerprint density at radius 1 is 1.33 bits per heavy atom. The highest BCUT2D eigenvalue weighted by molar-refractivity contribution is 5.41. The molecule has 2 atom stereocenters. The highest BCUT2D eigenvalue weighted by Crippen LogP contribution is 2.19. The average Bonchev–Trinajstić information content (AvgIpc) is 2.43. The summed E-state index contributed by atoms with van der Waals surface area (Å²) in [6, 6.07) is 4.66. The van der Waals surface area contributed by atoms with Gasteiger partial charge in [-0.3, -0.25) is 0 Å². The molecule has 0 aliphatic rings. The minimum absolute atomic E-state index is 0.369. The molecule has 3 nitrogen and oxygen atoms in total. The van der Waals surface area contributed by atoms with E-state index in [4.69, 9.17) is 0 Å². The van der Waals surface area contributed by atoms with Gasteiger partial charge in [0, 0.05) is 25.3 Å². The fraction of sp³-hybridized carbons (Fsp3) is 0.667. The van der Waals surface area contributed by atoms with Crippen LogP contribution in [-0.2, 0) is 0 Å². The molecule has 2 unspecified atom stereocenters. The van der Waals surface area contributed by atoms with Crippen LogP contribution in [0.25, 0.3) is 0 Å². The zero-order chi connectivity index (χ0) is 13.5. The van der Waals surface area contributed by atoms with E-state index < -0.39 is 0 Å². The summed E-state index contributed by atoms with van der Waals surface area (Å²) in [6.07, 6.45) is 3.13. The first-order valence-corrected chi connectivity index (χ1v) is 7.00. The summed E-state index contributed by atoms with van der Waals surface area (Å²) in [6.45, 7) is 11.0. The number of anilines is 1. The lowest BCUT2D eigenvalue weighted by Gasteiger charge is -2.26. The van der Waals surface area contributed by atoms with Gasteiger partial charge < -0.3 is 10.2 Å². The molecule has 0 spiro atoms. The number of nitrogens with one attached hydrogen (secondary N) is 1. The van der Waals surface area contributed by atoms with Crippen LogP contribution >= 0.6 is 0 Å². The quantitative estimate of drug-likeness (QED) is 0.804. The van der Waals surface area contributed by atoms with E-state index in [-0.39, 0.29) is 0 Å². The lowest BCUT2D eigenvalue weighted by atomic mass is 10.1. The Balaban J connectivity index is 2.85. The summed E-state index contributed by atoms with van der Waals surface area (Å²) >= 11 is 0. The highest BCUT2D eigenvalue weighted by atomic mass is 15.2. The number of rotatable bonds is 7. The largest absolute Gasteiger partial charge is 0.357 e. The lowest BCUT2D eigenvalue weighted by Crippen LogP contribution is -2.29. The molecule has 0 saturated heterocycles. The van der Waals surface area contributed by atoms with E-state index in [2.05, 4.69) is 55.0 Å². The van der Waals surface area contributed by atoms with Gasteiger partial charge in [0.1, 0.15) is 5.82 Å². The van der Waals surface area contributed by atoms with Crippen molar-refractivity contribution in [3.63, 3.8) is 0 Å². The van der Waals surface area contributed by atoms with Crippen LogP contribution < -0.4 is 10.2 Å². The smallest absolute Gasteiger partial charge is 0.128 e. The molecule has 0 bridgehead atoms. The standard InChI is InChI=1S/C15H27N3/c1-6-12(3)11-18(7-2)15-10-14(8-9-17-15)13(4)16-5/h8-10,12-13,16H,6-7,11H2,1-5H3. The van der Waals surface area contributed by atoms with Gasteiger partial charge in [-0.1, -0.05) is 20.3 Å². The van der Waals surface area contributed by atoms with E-state index in [0.29, 0.717) is 12.0 Å². The van der Waals surface area contributed by atoms with E-state index >= 15 is 0 Å². The summed E-state index contributed by atoms with van der Waals surface area (Å²) in [5, 5.41) is 3.27. The van der Waals surface area contributed by atoms with Crippen LogP contribution in [0.5, 0.6) is 0 Å². The second-order valence-electron chi connectivity index (χ2n) is 5.01. The van der Waals surface area contributed by atoms with Gasteiger partial charge in [-0.2, -0.15) is 0 Å². The lowest BCUT2D eigenvalue weighted by molar-refractivity contribution is 0.545. The van der Waals surface area contributed by atoms with Crippen molar-refractivity contribution in [2.45, 2.75) is 40.2 Å². The number of pyridine rings is 1. The molecule has 0 aliphatic heterocycles. The molecule has 0 aromatic carbocycles. The summed E-state index contributed by atoms with van der Waals surface area (Å²) in [5.41, 5.74) is 1.30. The van der Waals surface area contributed by atoms with E-state index in [1.54, 1.807) is 0 Å². The fourth-order valence-corrected chi connectivity index (χ4v) is 1.93. The molecule has 102 valence electrons. The maximum atomic E-state index is 4.51. The van der Waals surface area contributed by atoms with Crippen LogP contribution in [0.15, 0.2) is 18.3 Å². The van der Waals surface area contributed by atoms with Crippen LogP contribution in [0.4, 0.5) is 5.82 Å². The molecular formula is C15H27N3. The van der Waals surface area contributed by atoms with Crippen molar-refractivity contribution in [1.29, 1.82) is 0 Å². The summed E-state index contributed by atoms with van der Waals surface area (Å²) < 4.78 is 0. The van der Waals surface area contributed by atoms with Crippen molar-refractivity contribution < 1.29 is 0 Å². The van der Waals surface area contributed by atoms with Crippen molar-refractivity contribution in [3.8, 4) is 0 Å². The van der Waals surface area contributed by atoms with Crippen LogP contribution in [0.1, 0.15) is 45.7 Å². The van der Waals surface area contributed by atoms with Gasteiger partial charge in [-0.15, -0.1) is 0 Å². The van der Waals surface area contributed by atoms with Gasteiger partial charge in [0.15, 0.2) is 0 Å². The Hall–Kier alpha value is -1.09. The van der Waals surface area contributed by atoms with E-state index in [1.165, 1.54) is 12.0 Å². The van der Waals surface area contributed by atoms with Gasteiger partial charge in [0.2, 0.25) is 0 Å². The minimum Gasteiger partial charge on any atom is -0.357 e. The minimum atomic E-state index is 0.369. The molecule has 1 aromatic rings.